The molecule has 0 saturated carbocycles. The molecule has 4 nitrogen and oxygen atoms in total. The lowest BCUT2D eigenvalue weighted by molar-refractivity contribution is -0.136. The lowest BCUT2D eigenvalue weighted by atomic mass is 10.2. The maximum atomic E-state index is 10.5. The molecule has 3 rings (SSSR count). The van der Waals surface area contributed by atoms with E-state index in [9.17, 15) is 4.79 Å². The number of carboxylic acids is 1. The van der Waals surface area contributed by atoms with Gasteiger partial charge in [0, 0.05) is 23.2 Å². The zero-order chi connectivity index (χ0) is 11.1. The SMILES string of the molecule is O=C(O)CCc1cn2c3c(sc2n1)CCC3. The average molecular weight is 236 g/mol. The second kappa shape index (κ2) is 3.59. The first-order valence-corrected chi connectivity index (χ1v) is 6.26. The number of aromatic nitrogens is 2. The van der Waals surface area contributed by atoms with Crippen LogP contribution in [0.3, 0.4) is 0 Å². The predicted molar refractivity (Wildman–Crippen MR) is 61.1 cm³/mol. The van der Waals surface area contributed by atoms with Crippen LogP contribution < -0.4 is 0 Å². The fourth-order valence-electron chi connectivity index (χ4n) is 2.21. The number of thiazole rings is 1. The zero-order valence-corrected chi connectivity index (χ0v) is 9.59. The number of hydrogen-bond donors (Lipinski definition) is 1. The molecule has 0 bridgehead atoms. The first-order chi connectivity index (χ1) is 7.74. The molecule has 2 heterocycles. The van der Waals surface area contributed by atoms with Gasteiger partial charge in [0.15, 0.2) is 4.96 Å². The summed E-state index contributed by atoms with van der Waals surface area (Å²) in [6.45, 7) is 0. The molecule has 5 heteroatoms. The summed E-state index contributed by atoms with van der Waals surface area (Å²) in [5.41, 5.74) is 2.28. The van der Waals surface area contributed by atoms with E-state index in [-0.39, 0.29) is 6.42 Å². The molecule has 0 atom stereocenters. The number of carbonyl (C=O) groups is 1. The molecular weight excluding hydrogens is 224 g/mol. The second-order valence-electron chi connectivity index (χ2n) is 4.10. The van der Waals surface area contributed by atoms with Crippen LogP contribution in [-0.2, 0) is 24.1 Å². The Kier molecular flexibility index (Phi) is 2.21. The molecule has 0 aromatic carbocycles. The summed E-state index contributed by atoms with van der Waals surface area (Å²) in [4.78, 5) is 17.4. The molecule has 1 aliphatic carbocycles. The Morgan fingerprint density at radius 3 is 3.25 bits per heavy atom. The predicted octanol–water partition coefficient (Wildman–Crippen LogP) is 1.90. The van der Waals surface area contributed by atoms with Gasteiger partial charge in [-0.15, -0.1) is 11.3 Å². The quantitative estimate of drug-likeness (QED) is 0.885. The number of hydrogen-bond acceptors (Lipinski definition) is 3. The van der Waals surface area contributed by atoms with Crippen LogP contribution >= 0.6 is 11.3 Å². The van der Waals surface area contributed by atoms with Crippen molar-refractivity contribution in [3.8, 4) is 0 Å². The molecule has 1 N–H and O–H groups in total. The van der Waals surface area contributed by atoms with E-state index < -0.39 is 5.97 Å². The molecule has 0 aliphatic heterocycles. The van der Waals surface area contributed by atoms with Crippen LogP contribution in [-0.4, -0.2) is 20.5 Å². The number of nitrogens with zero attached hydrogens (tertiary/aromatic N) is 2. The fourth-order valence-corrected chi connectivity index (χ4v) is 3.41. The minimum atomic E-state index is -0.762. The maximum absolute atomic E-state index is 10.5. The van der Waals surface area contributed by atoms with Crippen LogP contribution in [0.25, 0.3) is 4.96 Å². The minimum absolute atomic E-state index is 0.160. The third-order valence-electron chi connectivity index (χ3n) is 2.96. The van der Waals surface area contributed by atoms with Gasteiger partial charge in [0.1, 0.15) is 0 Å². The van der Waals surface area contributed by atoms with Gasteiger partial charge >= 0.3 is 5.97 Å². The van der Waals surface area contributed by atoms with Gasteiger partial charge in [0.2, 0.25) is 0 Å². The number of fused-ring (bicyclic) bond motifs is 3. The van der Waals surface area contributed by atoms with E-state index in [1.54, 1.807) is 11.3 Å². The van der Waals surface area contributed by atoms with Gasteiger partial charge in [-0.2, -0.15) is 0 Å². The van der Waals surface area contributed by atoms with Crippen molar-refractivity contribution in [3.05, 3.63) is 22.5 Å². The van der Waals surface area contributed by atoms with Crippen LogP contribution in [0.1, 0.15) is 29.1 Å². The van der Waals surface area contributed by atoms with Gasteiger partial charge in [-0.05, 0) is 19.3 Å². The van der Waals surface area contributed by atoms with Crippen LogP contribution in [0.2, 0.25) is 0 Å². The molecule has 1 aliphatic rings. The Morgan fingerprint density at radius 2 is 2.44 bits per heavy atom. The van der Waals surface area contributed by atoms with E-state index in [2.05, 4.69) is 9.38 Å². The molecule has 0 radical (unpaired) electrons. The van der Waals surface area contributed by atoms with Crippen LogP contribution in [0.5, 0.6) is 0 Å². The summed E-state index contributed by atoms with van der Waals surface area (Å²) in [6.07, 6.45) is 6.22. The highest BCUT2D eigenvalue weighted by Gasteiger charge is 2.19. The van der Waals surface area contributed by atoms with Crippen molar-refractivity contribution in [2.45, 2.75) is 32.1 Å². The lowest BCUT2D eigenvalue weighted by Gasteiger charge is -1.92. The van der Waals surface area contributed by atoms with Crippen molar-refractivity contribution >= 4 is 22.3 Å². The minimum Gasteiger partial charge on any atom is -0.481 e. The molecule has 2 aromatic rings. The summed E-state index contributed by atoms with van der Waals surface area (Å²) in [5.74, 6) is -0.762. The molecule has 0 amide bonds. The van der Waals surface area contributed by atoms with Crippen molar-refractivity contribution in [1.29, 1.82) is 0 Å². The van der Waals surface area contributed by atoms with Crippen molar-refractivity contribution < 1.29 is 9.90 Å². The van der Waals surface area contributed by atoms with E-state index in [1.807, 2.05) is 6.20 Å². The fraction of sp³-hybridized carbons (Fsp3) is 0.455. The topological polar surface area (TPSA) is 54.6 Å². The average Bonchev–Trinajstić information content (AvgIpc) is 2.84. The lowest BCUT2D eigenvalue weighted by Crippen LogP contribution is -1.97. The van der Waals surface area contributed by atoms with Crippen molar-refractivity contribution in [1.82, 2.24) is 9.38 Å². The molecule has 0 fully saturated rings. The molecule has 0 spiro atoms. The van der Waals surface area contributed by atoms with E-state index in [4.69, 9.17) is 5.11 Å². The molecule has 0 saturated heterocycles. The summed E-state index contributed by atoms with van der Waals surface area (Å²) >= 11 is 1.75. The van der Waals surface area contributed by atoms with Gasteiger partial charge in [0.05, 0.1) is 12.1 Å². The van der Waals surface area contributed by atoms with Crippen LogP contribution in [0, 0.1) is 0 Å². The van der Waals surface area contributed by atoms with E-state index >= 15 is 0 Å². The van der Waals surface area contributed by atoms with E-state index in [0.717, 1.165) is 17.1 Å². The van der Waals surface area contributed by atoms with Crippen molar-refractivity contribution in [2.75, 3.05) is 0 Å². The van der Waals surface area contributed by atoms with E-state index in [1.165, 1.54) is 23.4 Å². The summed E-state index contributed by atoms with van der Waals surface area (Å²) in [6, 6.07) is 0. The number of rotatable bonds is 3. The summed E-state index contributed by atoms with van der Waals surface area (Å²) in [7, 11) is 0. The Labute approximate surface area is 96.5 Å². The zero-order valence-electron chi connectivity index (χ0n) is 8.77. The first-order valence-electron chi connectivity index (χ1n) is 5.44. The Hall–Kier alpha value is -1.36. The summed E-state index contributed by atoms with van der Waals surface area (Å²) in [5, 5.41) is 8.62. The number of carboxylic acid groups (broad SMARTS) is 1. The number of imidazole rings is 1. The molecule has 2 aromatic heterocycles. The Morgan fingerprint density at radius 1 is 1.56 bits per heavy atom. The largest absolute Gasteiger partial charge is 0.481 e. The van der Waals surface area contributed by atoms with Gasteiger partial charge in [-0.3, -0.25) is 9.20 Å². The molecule has 0 unspecified atom stereocenters. The van der Waals surface area contributed by atoms with Gasteiger partial charge < -0.3 is 5.11 Å². The Balaban J connectivity index is 1.92. The maximum Gasteiger partial charge on any atom is 0.303 e. The van der Waals surface area contributed by atoms with Crippen LogP contribution in [0.15, 0.2) is 6.20 Å². The Bertz CT molecular complexity index is 556. The normalized spacial score (nSPS) is 14.5. The smallest absolute Gasteiger partial charge is 0.303 e. The second-order valence-corrected chi connectivity index (χ2v) is 5.17. The monoisotopic (exact) mass is 236 g/mol. The third-order valence-corrected chi connectivity index (χ3v) is 4.12. The molecular formula is C11H12N2O2S. The highest BCUT2D eigenvalue weighted by Crippen LogP contribution is 2.30. The van der Waals surface area contributed by atoms with Gasteiger partial charge in [0.25, 0.3) is 0 Å². The highest BCUT2D eigenvalue weighted by molar-refractivity contribution is 7.17. The van der Waals surface area contributed by atoms with E-state index in [0.29, 0.717) is 6.42 Å². The number of aliphatic carboxylic acids is 1. The first kappa shape index (κ1) is 9.84. The van der Waals surface area contributed by atoms with Crippen molar-refractivity contribution in [3.63, 3.8) is 0 Å². The highest BCUT2D eigenvalue weighted by atomic mass is 32.1. The molecule has 84 valence electrons. The van der Waals surface area contributed by atoms with Gasteiger partial charge in [-0.1, -0.05) is 0 Å². The molecule has 16 heavy (non-hydrogen) atoms. The van der Waals surface area contributed by atoms with Crippen LogP contribution in [0.4, 0.5) is 0 Å². The van der Waals surface area contributed by atoms with Crippen molar-refractivity contribution in [2.24, 2.45) is 0 Å². The third kappa shape index (κ3) is 1.51. The number of aryl methyl sites for hydroxylation is 3. The summed E-state index contributed by atoms with van der Waals surface area (Å²) < 4.78 is 2.14. The standard InChI is InChI=1S/C11H12N2O2S/c14-10(15)5-4-7-6-13-8-2-1-3-9(8)16-11(13)12-7/h6H,1-5H2,(H,14,15). The van der Waals surface area contributed by atoms with Gasteiger partial charge in [-0.25, -0.2) is 4.98 Å².